The molecule has 5 heteroatoms. The molecular formula is C8H13ClN2O2. The van der Waals surface area contributed by atoms with Crippen LogP contribution in [0.2, 0.25) is 5.02 Å². The van der Waals surface area contributed by atoms with Crippen LogP contribution in [0.15, 0.2) is 12.3 Å². The quantitative estimate of drug-likeness (QED) is 0.559. The zero-order valence-corrected chi connectivity index (χ0v) is 8.63. The van der Waals surface area contributed by atoms with Gasteiger partial charge in [0.2, 0.25) is 0 Å². The Balaban J connectivity index is 0.000000671. The molecule has 0 amide bonds. The number of esters is 1. The molecule has 13 heavy (non-hydrogen) atoms. The number of methoxy groups -OCH3 is 1. The van der Waals surface area contributed by atoms with Crippen LogP contribution in [-0.2, 0) is 4.74 Å². The largest absolute Gasteiger partial charge is 0.464 e. The molecule has 0 aromatic carbocycles. The molecular weight excluding hydrogens is 192 g/mol. The summed E-state index contributed by atoms with van der Waals surface area (Å²) in [6.07, 6.45) is 1.42. The molecule has 0 saturated heterocycles. The predicted molar refractivity (Wildman–Crippen MR) is 52.3 cm³/mol. The molecule has 0 saturated carbocycles. The average molecular weight is 205 g/mol. The number of nitrogens with two attached hydrogens (primary N) is 1. The Labute approximate surface area is 82.2 Å². The van der Waals surface area contributed by atoms with Crippen LogP contribution in [0.1, 0.15) is 24.3 Å². The summed E-state index contributed by atoms with van der Waals surface area (Å²) in [4.78, 5) is 10.9. The molecule has 0 spiro atoms. The lowest BCUT2D eigenvalue weighted by Gasteiger charge is -1.98. The average Bonchev–Trinajstić information content (AvgIpc) is 2.47. The number of hydrogen-bond acceptors (Lipinski definition) is 3. The fraction of sp³-hybridized carbons (Fsp3) is 0.375. The van der Waals surface area contributed by atoms with Gasteiger partial charge in [-0.25, -0.2) is 4.79 Å². The number of halogens is 1. The SMILES string of the molecule is CC.COC(=O)c1cc(Cl)cn1N. The molecule has 0 fully saturated rings. The van der Waals surface area contributed by atoms with Crippen LogP contribution in [0.5, 0.6) is 0 Å². The molecule has 0 bridgehead atoms. The first-order valence-corrected chi connectivity index (χ1v) is 4.24. The van der Waals surface area contributed by atoms with E-state index in [0.717, 1.165) is 4.68 Å². The number of ether oxygens (including phenoxy) is 1. The number of aromatic nitrogens is 1. The van der Waals surface area contributed by atoms with Gasteiger partial charge >= 0.3 is 5.97 Å². The van der Waals surface area contributed by atoms with Crippen molar-refractivity contribution in [2.24, 2.45) is 0 Å². The van der Waals surface area contributed by atoms with Crippen molar-refractivity contribution in [1.82, 2.24) is 4.68 Å². The molecule has 1 rings (SSSR count). The first-order chi connectivity index (χ1) is 6.15. The lowest BCUT2D eigenvalue weighted by molar-refractivity contribution is 0.0591. The van der Waals surface area contributed by atoms with Crippen LogP contribution in [0.25, 0.3) is 0 Å². The second-order valence-corrected chi connectivity index (χ2v) is 2.38. The van der Waals surface area contributed by atoms with Gasteiger partial charge in [0.05, 0.1) is 12.1 Å². The van der Waals surface area contributed by atoms with Crippen molar-refractivity contribution in [2.75, 3.05) is 13.0 Å². The number of nitrogens with zero attached hydrogens (tertiary/aromatic N) is 1. The van der Waals surface area contributed by atoms with E-state index in [1.807, 2.05) is 13.8 Å². The van der Waals surface area contributed by atoms with Gasteiger partial charge in [-0.3, -0.25) is 4.68 Å². The van der Waals surface area contributed by atoms with Gasteiger partial charge in [0.25, 0.3) is 0 Å². The summed E-state index contributed by atoms with van der Waals surface area (Å²) in [7, 11) is 1.28. The standard InChI is InChI=1S/C6H7ClN2O2.C2H6/c1-11-6(10)5-2-4(7)3-9(5)8;1-2/h2-3H,8H2,1H3;1-2H3. The zero-order chi connectivity index (χ0) is 10.4. The normalized spacial score (nSPS) is 8.62. The molecule has 4 nitrogen and oxygen atoms in total. The smallest absolute Gasteiger partial charge is 0.356 e. The summed E-state index contributed by atoms with van der Waals surface area (Å²) in [5.41, 5.74) is 0.234. The van der Waals surface area contributed by atoms with Crippen molar-refractivity contribution in [3.63, 3.8) is 0 Å². The van der Waals surface area contributed by atoms with Crippen molar-refractivity contribution in [3.8, 4) is 0 Å². The highest BCUT2D eigenvalue weighted by Gasteiger charge is 2.10. The van der Waals surface area contributed by atoms with Crippen molar-refractivity contribution >= 4 is 17.6 Å². The number of carbonyl (C=O) groups excluding carboxylic acids is 1. The van der Waals surface area contributed by atoms with Gasteiger partial charge < -0.3 is 10.6 Å². The van der Waals surface area contributed by atoms with E-state index in [4.69, 9.17) is 17.4 Å². The second-order valence-electron chi connectivity index (χ2n) is 1.94. The van der Waals surface area contributed by atoms with E-state index >= 15 is 0 Å². The van der Waals surface area contributed by atoms with E-state index in [-0.39, 0.29) is 5.69 Å². The number of hydrogen-bond donors (Lipinski definition) is 1. The van der Waals surface area contributed by atoms with E-state index in [1.165, 1.54) is 19.4 Å². The van der Waals surface area contributed by atoms with Crippen LogP contribution in [0.3, 0.4) is 0 Å². The summed E-state index contributed by atoms with van der Waals surface area (Å²) >= 11 is 5.56. The Kier molecular flexibility index (Phi) is 4.99. The monoisotopic (exact) mass is 204 g/mol. The van der Waals surface area contributed by atoms with Crippen LogP contribution in [-0.4, -0.2) is 17.8 Å². The maximum absolute atomic E-state index is 10.9. The van der Waals surface area contributed by atoms with Crippen molar-refractivity contribution in [3.05, 3.63) is 23.0 Å². The fourth-order valence-corrected chi connectivity index (χ4v) is 0.922. The van der Waals surface area contributed by atoms with Gasteiger partial charge in [-0.1, -0.05) is 25.4 Å². The third-order valence-corrected chi connectivity index (χ3v) is 1.42. The Bertz CT molecular complexity index is 284. The summed E-state index contributed by atoms with van der Waals surface area (Å²) in [6.45, 7) is 4.00. The van der Waals surface area contributed by atoms with E-state index in [2.05, 4.69) is 4.74 Å². The van der Waals surface area contributed by atoms with E-state index in [0.29, 0.717) is 5.02 Å². The molecule has 1 aromatic rings. The molecule has 0 unspecified atom stereocenters. The van der Waals surface area contributed by atoms with Crippen LogP contribution < -0.4 is 5.84 Å². The number of nitrogen functional groups attached to an aromatic ring is 1. The summed E-state index contributed by atoms with van der Waals surface area (Å²) in [5, 5.41) is 0.410. The third-order valence-electron chi connectivity index (χ3n) is 1.21. The van der Waals surface area contributed by atoms with Gasteiger partial charge in [-0.2, -0.15) is 0 Å². The van der Waals surface area contributed by atoms with Gasteiger partial charge in [-0.05, 0) is 6.07 Å². The van der Waals surface area contributed by atoms with Crippen LogP contribution in [0, 0.1) is 0 Å². The highest BCUT2D eigenvalue weighted by atomic mass is 35.5. The fourth-order valence-electron chi connectivity index (χ4n) is 0.714. The molecule has 0 radical (unpaired) electrons. The van der Waals surface area contributed by atoms with Crippen LogP contribution >= 0.6 is 11.6 Å². The molecule has 0 aliphatic rings. The number of rotatable bonds is 1. The second kappa shape index (κ2) is 5.48. The van der Waals surface area contributed by atoms with Crippen molar-refractivity contribution in [1.29, 1.82) is 0 Å². The Morgan fingerprint density at radius 3 is 2.46 bits per heavy atom. The van der Waals surface area contributed by atoms with Gasteiger partial charge in [0, 0.05) is 6.20 Å². The van der Waals surface area contributed by atoms with Crippen molar-refractivity contribution < 1.29 is 9.53 Å². The molecule has 1 heterocycles. The Hall–Kier alpha value is -1.16. The van der Waals surface area contributed by atoms with E-state index in [1.54, 1.807) is 0 Å². The summed E-state index contributed by atoms with van der Waals surface area (Å²) in [6, 6.07) is 1.44. The number of carbonyl (C=O) groups is 1. The minimum Gasteiger partial charge on any atom is -0.464 e. The minimum atomic E-state index is -0.501. The minimum absolute atomic E-state index is 0.234. The van der Waals surface area contributed by atoms with Gasteiger partial charge in [0.15, 0.2) is 0 Å². The van der Waals surface area contributed by atoms with E-state index in [9.17, 15) is 4.79 Å². The molecule has 0 aliphatic heterocycles. The first kappa shape index (κ1) is 11.8. The highest BCUT2D eigenvalue weighted by molar-refractivity contribution is 6.30. The highest BCUT2D eigenvalue weighted by Crippen LogP contribution is 2.11. The van der Waals surface area contributed by atoms with Crippen LogP contribution in [0.4, 0.5) is 0 Å². The first-order valence-electron chi connectivity index (χ1n) is 3.86. The molecule has 74 valence electrons. The Morgan fingerprint density at radius 1 is 1.62 bits per heavy atom. The zero-order valence-electron chi connectivity index (χ0n) is 7.87. The summed E-state index contributed by atoms with van der Waals surface area (Å²) < 4.78 is 5.55. The topological polar surface area (TPSA) is 57.2 Å². The summed E-state index contributed by atoms with van der Waals surface area (Å²) in [5.74, 6) is 4.85. The van der Waals surface area contributed by atoms with E-state index < -0.39 is 5.97 Å². The molecule has 2 N–H and O–H groups in total. The predicted octanol–water partition coefficient (Wildman–Crippen LogP) is 1.67. The maximum atomic E-state index is 10.9. The van der Waals surface area contributed by atoms with Gasteiger partial charge in [-0.15, -0.1) is 0 Å². The molecule has 0 aliphatic carbocycles. The lowest BCUT2D eigenvalue weighted by Crippen LogP contribution is -2.15. The lowest BCUT2D eigenvalue weighted by atomic mass is 10.4. The Morgan fingerprint density at radius 2 is 2.15 bits per heavy atom. The molecule has 1 aromatic heterocycles. The van der Waals surface area contributed by atoms with Gasteiger partial charge in [0.1, 0.15) is 5.69 Å². The third kappa shape index (κ3) is 2.99. The maximum Gasteiger partial charge on any atom is 0.356 e. The van der Waals surface area contributed by atoms with Crippen molar-refractivity contribution in [2.45, 2.75) is 13.8 Å². The molecule has 0 atom stereocenters.